The zero-order chi connectivity index (χ0) is 16.0. The number of hydrogen-bond donors (Lipinski definition) is 1. The Balaban J connectivity index is 3.03. The number of benzene rings is 1. The maximum absolute atomic E-state index is 11.8. The standard InChI is InChI=1S/C15H20ClNO4/c1-5-21-15(19)10-7-11(16)12(8-13(10)20-4)17-14(18)6-9(2)3/h7-9H,5-6H2,1-4H3,(H,17,18). The second kappa shape index (κ2) is 7.88. The fourth-order valence-corrected chi connectivity index (χ4v) is 1.97. The van der Waals surface area contributed by atoms with Crippen molar-refractivity contribution in [2.75, 3.05) is 19.0 Å². The van der Waals surface area contributed by atoms with Crippen molar-refractivity contribution >= 4 is 29.2 Å². The number of amides is 1. The van der Waals surface area contributed by atoms with Crippen LogP contribution in [0.3, 0.4) is 0 Å². The molecule has 0 aromatic heterocycles. The van der Waals surface area contributed by atoms with Crippen LogP contribution >= 0.6 is 11.6 Å². The highest BCUT2D eigenvalue weighted by atomic mass is 35.5. The average molecular weight is 314 g/mol. The SMILES string of the molecule is CCOC(=O)c1cc(Cl)c(NC(=O)CC(C)C)cc1OC. The van der Waals surface area contributed by atoms with Gasteiger partial charge in [-0.15, -0.1) is 0 Å². The van der Waals surface area contributed by atoms with Crippen molar-refractivity contribution < 1.29 is 19.1 Å². The van der Waals surface area contributed by atoms with Crippen LogP contribution in [0.15, 0.2) is 12.1 Å². The van der Waals surface area contributed by atoms with E-state index in [1.165, 1.54) is 19.2 Å². The molecule has 1 amide bonds. The number of hydrogen-bond acceptors (Lipinski definition) is 4. The summed E-state index contributed by atoms with van der Waals surface area (Å²) >= 11 is 6.11. The van der Waals surface area contributed by atoms with Gasteiger partial charge in [0.05, 0.1) is 24.4 Å². The van der Waals surface area contributed by atoms with Crippen LogP contribution in [0.2, 0.25) is 5.02 Å². The third kappa shape index (κ3) is 4.93. The number of methoxy groups -OCH3 is 1. The molecule has 0 saturated heterocycles. The van der Waals surface area contributed by atoms with Crippen LogP contribution in [-0.4, -0.2) is 25.6 Å². The zero-order valence-electron chi connectivity index (χ0n) is 12.7. The van der Waals surface area contributed by atoms with Crippen molar-refractivity contribution in [3.05, 3.63) is 22.7 Å². The molecule has 0 unspecified atom stereocenters. The van der Waals surface area contributed by atoms with Gasteiger partial charge in [-0.25, -0.2) is 4.79 Å². The summed E-state index contributed by atoms with van der Waals surface area (Å²) in [6, 6.07) is 2.95. The molecule has 0 spiro atoms. The molecule has 5 nitrogen and oxygen atoms in total. The van der Waals surface area contributed by atoms with Gasteiger partial charge in [-0.1, -0.05) is 25.4 Å². The molecule has 1 aromatic carbocycles. The number of carbonyl (C=O) groups is 2. The molecule has 1 aromatic rings. The molecule has 0 atom stereocenters. The first-order chi connectivity index (χ1) is 9.88. The van der Waals surface area contributed by atoms with E-state index in [-0.39, 0.29) is 29.0 Å². The van der Waals surface area contributed by atoms with E-state index in [4.69, 9.17) is 21.1 Å². The third-order valence-corrected chi connectivity index (χ3v) is 2.96. The molecular formula is C15H20ClNO4. The summed E-state index contributed by atoms with van der Waals surface area (Å²) in [6.45, 7) is 5.87. The molecule has 0 bridgehead atoms. The van der Waals surface area contributed by atoms with Crippen LogP contribution in [-0.2, 0) is 9.53 Å². The van der Waals surface area contributed by atoms with Crippen molar-refractivity contribution in [1.29, 1.82) is 0 Å². The van der Waals surface area contributed by atoms with Crippen LogP contribution in [0.5, 0.6) is 5.75 Å². The minimum absolute atomic E-state index is 0.141. The zero-order valence-corrected chi connectivity index (χ0v) is 13.4. The molecule has 0 saturated carbocycles. The number of halogens is 1. The van der Waals surface area contributed by atoms with Gasteiger partial charge in [0, 0.05) is 12.5 Å². The van der Waals surface area contributed by atoms with Gasteiger partial charge in [0.15, 0.2) is 0 Å². The topological polar surface area (TPSA) is 64.6 Å². The molecular weight excluding hydrogens is 294 g/mol. The maximum Gasteiger partial charge on any atom is 0.341 e. The number of ether oxygens (including phenoxy) is 2. The third-order valence-electron chi connectivity index (χ3n) is 2.65. The molecule has 0 fully saturated rings. The minimum Gasteiger partial charge on any atom is -0.496 e. The molecule has 0 aliphatic heterocycles. The van der Waals surface area contributed by atoms with E-state index in [2.05, 4.69) is 5.32 Å². The Morgan fingerprint density at radius 3 is 2.52 bits per heavy atom. The number of esters is 1. The van der Waals surface area contributed by atoms with Gasteiger partial charge in [-0.3, -0.25) is 4.79 Å². The summed E-state index contributed by atoms with van der Waals surface area (Å²) in [6.07, 6.45) is 0.387. The van der Waals surface area contributed by atoms with Gasteiger partial charge in [-0.05, 0) is 18.9 Å². The molecule has 1 rings (SSSR count). The van der Waals surface area contributed by atoms with Gasteiger partial charge in [-0.2, -0.15) is 0 Å². The Hall–Kier alpha value is -1.75. The number of carbonyl (C=O) groups excluding carboxylic acids is 2. The van der Waals surface area contributed by atoms with Crippen LogP contribution in [0, 0.1) is 5.92 Å². The van der Waals surface area contributed by atoms with Crippen molar-refractivity contribution in [3.8, 4) is 5.75 Å². The summed E-state index contributed by atoms with van der Waals surface area (Å²) in [7, 11) is 1.44. The summed E-state index contributed by atoms with van der Waals surface area (Å²) in [5, 5.41) is 2.97. The van der Waals surface area contributed by atoms with Gasteiger partial charge >= 0.3 is 5.97 Å². The van der Waals surface area contributed by atoms with Gasteiger partial charge < -0.3 is 14.8 Å². The number of nitrogens with one attached hydrogen (secondary N) is 1. The molecule has 1 N–H and O–H groups in total. The molecule has 6 heteroatoms. The number of anilines is 1. The quantitative estimate of drug-likeness (QED) is 0.816. The van der Waals surface area contributed by atoms with Crippen LogP contribution in [0.25, 0.3) is 0 Å². The molecule has 21 heavy (non-hydrogen) atoms. The van der Waals surface area contributed by atoms with Gasteiger partial charge in [0.1, 0.15) is 11.3 Å². The fraction of sp³-hybridized carbons (Fsp3) is 0.467. The highest BCUT2D eigenvalue weighted by Crippen LogP contribution is 2.31. The summed E-state index contributed by atoms with van der Waals surface area (Å²) in [4.78, 5) is 23.6. The molecule has 0 heterocycles. The normalized spacial score (nSPS) is 10.4. The van der Waals surface area contributed by atoms with Crippen molar-refractivity contribution in [1.82, 2.24) is 0 Å². The Labute approximate surface area is 129 Å². The van der Waals surface area contributed by atoms with Gasteiger partial charge in [0.2, 0.25) is 5.91 Å². The van der Waals surface area contributed by atoms with Crippen LogP contribution in [0.1, 0.15) is 37.6 Å². The Kier molecular flexibility index (Phi) is 6.49. The second-order valence-electron chi connectivity index (χ2n) is 4.90. The van der Waals surface area contributed by atoms with Crippen LogP contribution in [0.4, 0.5) is 5.69 Å². The molecule has 0 aliphatic carbocycles. The minimum atomic E-state index is -0.517. The maximum atomic E-state index is 11.8. The predicted molar refractivity (Wildman–Crippen MR) is 82.0 cm³/mol. The Morgan fingerprint density at radius 1 is 1.33 bits per heavy atom. The van der Waals surface area contributed by atoms with Crippen molar-refractivity contribution in [2.24, 2.45) is 5.92 Å². The Morgan fingerprint density at radius 2 is 2.00 bits per heavy atom. The van der Waals surface area contributed by atoms with Crippen molar-refractivity contribution in [3.63, 3.8) is 0 Å². The average Bonchev–Trinajstić information content (AvgIpc) is 2.39. The summed E-state index contributed by atoms with van der Waals surface area (Å²) < 4.78 is 10.1. The summed E-state index contributed by atoms with van der Waals surface area (Å²) in [5.41, 5.74) is 0.637. The van der Waals surface area contributed by atoms with E-state index < -0.39 is 5.97 Å². The van der Waals surface area contributed by atoms with Gasteiger partial charge in [0.25, 0.3) is 0 Å². The number of rotatable bonds is 6. The predicted octanol–water partition coefficient (Wildman–Crippen LogP) is 3.51. The van der Waals surface area contributed by atoms with E-state index in [9.17, 15) is 9.59 Å². The highest BCUT2D eigenvalue weighted by molar-refractivity contribution is 6.34. The lowest BCUT2D eigenvalue weighted by Crippen LogP contribution is -2.15. The lowest BCUT2D eigenvalue weighted by Gasteiger charge is -2.13. The summed E-state index contributed by atoms with van der Waals surface area (Å²) in [5.74, 6) is -0.115. The largest absolute Gasteiger partial charge is 0.496 e. The smallest absolute Gasteiger partial charge is 0.341 e. The Bertz CT molecular complexity index is 529. The van der Waals surface area contributed by atoms with E-state index in [0.717, 1.165) is 0 Å². The van der Waals surface area contributed by atoms with Crippen LogP contribution < -0.4 is 10.1 Å². The first-order valence-electron chi connectivity index (χ1n) is 6.73. The highest BCUT2D eigenvalue weighted by Gasteiger charge is 2.18. The lowest BCUT2D eigenvalue weighted by molar-refractivity contribution is -0.116. The van der Waals surface area contributed by atoms with E-state index >= 15 is 0 Å². The molecule has 116 valence electrons. The lowest BCUT2D eigenvalue weighted by atomic mass is 10.1. The first-order valence-corrected chi connectivity index (χ1v) is 7.11. The van der Waals surface area contributed by atoms with Crippen molar-refractivity contribution in [2.45, 2.75) is 27.2 Å². The molecule has 0 aliphatic rings. The first kappa shape index (κ1) is 17.3. The van der Waals surface area contributed by atoms with E-state index in [1.54, 1.807) is 6.92 Å². The monoisotopic (exact) mass is 313 g/mol. The fourth-order valence-electron chi connectivity index (χ4n) is 1.76. The second-order valence-corrected chi connectivity index (χ2v) is 5.31. The van der Waals surface area contributed by atoms with E-state index in [1.807, 2.05) is 13.8 Å². The van der Waals surface area contributed by atoms with E-state index in [0.29, 0.717) is 17.9 Å². The molecule has 0 radical (unpaired) electrons.